The van der Waals surface area contributed by atoms with E-state index in [0.717, 1.165) is 12.8 Å². The van der Waals surface area contributed by atoms with Crippen molar-refractivity contribution in [3.8, 4) is 0 Å². The first-order valence-corrected chi connectivity index (χ1v) is 9.12. The van der Waals surface area contributed by atoms with Crippen LogP contribution in [0, 0.1) is 0 Å². The lowest BCUT2D eigenvalue weighted by Gasteiger charge is -2.29. The molecule has 0 aliphatic carbocycles. The zero-order valence-electron chi connectivity index (χ0n) is 15.2. The van der Waals surface area contributed by atoms with E-state index in [-0.39, 0.29) is 11.9 Å². The van der Waals surface area contributed by atoms with Gasteiger partial charge >= 0.3 is 0 Å². The maximum atomic E-state index is 12.8. The summed E-state index contributed by atoms with van der Waals surface area (Å²) in [5.74, 6) is 0.179. The Kier molecular flexibility index (Phi) is 6.21. The van der Waals surface area contributed by atoms with Gasteiger partial charge in [0.15, 0.2) is 0 Å². The Morgan fingerprint density at radius 1 is 0.769 bits per heavy atom. The van der Waals surface area contributed by atoms with E-state index in [4.69, 9.17) is 0 Å². The van der Waals surface area contributed by atoms with E-state index in [1.165, 1.54) is 16.7 Å². The Hall–Kier alpha value is -2.87. The van der Waals surface area contributed by atoms with Crippen LogP contribution in [-0.4, -0.2) is 17.9 Å². The molecule has 0 N–H and O–H groups in total. The number of rotatable bonds is 7. The SMILES string of the molecule is CN(C(=O)CCc1ccccc1)[C@@H](Cc1ccccc1)c1ccccc1. The van der Waals surface area contributed by atoms with Gasteiger partial charge in [0.1, 0.15) is 0 Å². The second-order valence-corrected chi connectivity index (χ2v) is 6.61. The summed E-state index contributed by atoms with van der Waals surface area (Å²) in [6.45, 7) is 0. The first-order valence-electron chi connectivity index (χ1n) is 9.12. The minimum Gasteiger partial charge on any atom is -0.338 e. The van der Waals surface area contributed by atoms with Crippen LogP contribution in [-0.2, 0) is 17.6 Å². The Morgan fingerprint density at radius 2 is 1.27 bits per heavy atom. The molecule has 0 saturated carbocycles. The number of benzene rings is 3. The zero-order chi connectivity index (χ0) is 18.2. The fraction of sp³-hybridized carbons (Fsp3) is 0.208. The molecule has 26 heavy (non-hydrogen) atoms. The molecule has 0 fully saturated rings. The van der Waals surface area contributed by atoms with Crippen LogP contribution in [0.25, 0.3) is 0 Å². The van der Waals surface area contributed by atoms with E-state index in [1.807, 2.05) is 54.4 Å². The summed E-state index contributed by atoms with van der Waals surface area (Å²) in [6, 6.07) is 30.9. The minimum absolute atomic E-state index is 0.0434. The van der Waals surface area contributed by atoms with Crippen molar-refractivity contribution in [2.24, 2.45) is 0 Å². The van der Waals surface area contributed by atoms with Gasteiger partial charge in [-0.1, -0.05) is 91.0 Å². The second-order valence-electron chi connectivity index (χ2n) is 6.61. The van der Waals surface area contributed by atoms with Gasteiger partial charge < -0.3 is 4.90 Å². The highest BCUT2D eigenvalue weighted by molar-refractivity contribution is 5.76. The van der Waals surface area contributed by atoms with E-state index < -0.39 is 0 Å². The van der Waals surface area contributed by atoms with Crippen molar-refractivity contribution >= 4 is 5.91 Å². The zero-order valence-corrected chi connectivity index (χ0v) is 15.2. The molecule has 0 spiro atoms. The maximum Gasteiger partial charge on any atom is 0.223 e. The molecule has 0 aliphatic heterocycles. The number of carbonyl (C=O) groups is 1. The average Bonchev–Trinajstić information content (AvgIpc) is 2.72. The topological polar surface area (TPSA) is 20.3 Å². The first-order chi connectivity index (χ1) is 12.7. The van der Waals surface area contributed by atoms with Crippen molar-refractivity contribution in [3.63, 3.8) is 0 Å². The van der Waals surface area contributed by atoms with Gasteiger partial charge in [-0.2, -0.15) is 0 Å². The highest BCUT2D eigenvalue weighted by Crippen LogP contribution is 2.25. The molecule has 132 valence electrons. The summed E-state index contributed by atoms with van der Waals surface area (Å²) in [5.41, 5.74) is 3.62. The third-order valence-electron chi connectivity index (χ3n) is 4.79. The molecular weight excluding hydrogens is 318 g/mol. The molecule has 2 heteroatoms. The van der Waals surface area contributed by atoms with Crippen LogP contribution in [0.1, 0.15) is 29.2 Å². The number of likely N-dealkylation sites (N-methyl/N-ethyl adjacent to an activating group) is 1. The Morgan fingerprint density at radius 3 is 1.85 bits per heavy atom. The number of nitrogens with zero attached hydrogens (tertiary/aromatic N) is 1. The van der Waals surface area contributed by atoms with Crippen LogP contribution < -0.4 is 0 Å². The lowest BCUT2D eigenvalue weighted by atomic mass is 9.97. The van der Waals surface area contributed by atoms with Gasteiger partial charge in [-0.3, -0.25) is 4.79 Å². The molecule has 0 aromatic heterocycles. The fourth-order valence-electron chi connectivity index (χ4n) is 3.24. The molecule has 3 rings (SSSR count). The van der Waals surface area contributed by atoms with E-state index in [0.29, 0.717) is 6.42 Å². The molecule has 0 bridgehead atoms. The Bertz CT molecular complexity index is 799. The lowest BCUT2D eigenvalue weighted by Crippen LogP contribution is -2.32. The summed E-state index contributed by atoms with van der Waals surface area (Å²) in [7, 11) is 1.92. The predicted octanol–water partition coefficient (Wildman–Crippen LogP) is 5.06. The van der Waals surface area contributed by atoms with Crippen LogP contribution in [0.3, 0.4) is 0 Å². The Labute approximate surface area is 156 Å². The molecule has 1 amide bonds. The number of hydrogen-bond donors (Lipinski definition) is 0. The molecule has 0 aliphatic rings. The van der Waals surface area contributed by atoms with Crippen molar-refractivity contribution in [1.29, 1.82) is 0 Å². The van der Waals surface area contributed by atoms with Crippen LogP contribution in [0.2, 0.25) is 0 Å². The van der Waals surface area contributed by atoms with Gasteiger partial charge in [0.25, 0.3) is 0 Å². The van der Waals surface area contributed by atoms with Crippen molar-refractivity contribution in [2.75, 3.05) is 7.05 Å². The third-order valence-corrected chi connectivity index (χ3v) is 4.79. The summed E-state index contributed by atoms with van der Waals surface area (Å²) >= 11 is 0. The molecule has 1 atom stereocenters. The van der Waals surface area contributed by atoms with Gasteiger partial charge in [-0.25, -0.2) is 0 Å². The van der Waals surface area contributed by atoms with E-state index in [2.05, 4.69) is 48.5 Å². The molecule has 3 aromatic carbocycles. The van der Waals surface area contributed by atoms with Gasteiger partial charge in [0.2, 0.25) is 5.91 Å². The summed E-state index contributed by atoms with van der Waals surface area (Å²) in [6.07, 6.45) is 2.12. The van der Waals surface area contributed by atoms with Crippen molar-refractivity contribution < 1.29 is 4.79 Å². The van der Waals surface area contributed by atoms with Crippen molar-refractivity contribution in [3.05, 3.63) is 108 Å². The first kappa shape index (κ1) is 17.9. The van der Waals surface area contributed by atoms with Crippen molar-refractivity contribution in [1.82, 2.24) is 4.90 Å². The van der Waals surface area contributed by atoms with Crippen LogP contribution >= 0.6 is 0 Å². The monoisotopic (exact) mass is 343 g/mol. The Balaban J connectivity index is 1.73. The standard InChI is InChI=1S/C24H25NO/c1-25(24(26)18-17-20-11-5-2-6-12-20)23(22-15-9-4-10-16-22)19-21-13-7-3-8-14-21/h2-16,23H,17-19H2,1H3/t23-/m0/s1. The average molecular weight is 343 g/mol. The molecule has 0 heterocycles. The number of amides is 1. The maximum absolute atomic E-state index is 12.8. The molecule has 2 nitrogen and oxygen atoms in total. The van der Waals surface area contributed by atoms with Gasteiger partial charge in [-0.05, 0) is 29.5 Å². The molecule has 0 unspecified atom stereocenters. The van der Waals surface area contributed by atoms with Gasteiger partial charge in [0.05, 0.1) is 6.04 Å². The van der Waals surface area contributed by atoms with Crippen molar-refractivity contribution in [2.45, 2.75) is 25.3 Å². The predicted molar refractivity (Wildman–Crippen MR) is 107 cm³/mol. The highest BCUT2D eigenvalue weighted by Gasteiger charge is 2.21. The quantitative estimate of drug-likeness (QED) is 0.587. The van der Waals surface area contributed by atoms with Gasteiger partial charge in [-0.15, -0.1) is 0 Å². The normalized spacial score (nSPS) is 11.7. The highest BCUT2D eigenvalue weighted by atomic mass is 16.2. The summed E-state index contributed by atoms with van der Waals surface area (Å²) in [4.78, 5) is 14.8. The third kappa shape index (κ3) is 4.82. The number of carbonyl (C=O) groups excluding carboxylic acids is 1. The minimum atomic E-state index is 0.0434. The van der Waals surface area contributed by atoms with Gasteiger partial charge in [0, 0.05) is 13.5 Å². The van der Waals surface area contributed by atoms with Crippen LogP contribution in [0.15, 0.2) is 91.0 Å². The molecular formula is C24H25NO. The fourth-order valence-corrected chi connectivity index (χ4v) is 3.24. The molecule has 0 saturated heterocycles. The van der Waals surface area contributed by atoms with E-state index >= 15 is 0 Å². The molecule has 0 radical (unpaired) electrons. The second kappa shape index (κ2) is 9.00. The van der Waals surface area contributed by atoms with Crippen LogP contribution in [0.5, 0.6) is 0 Å². The number of hydrogen-bond acceptors (Lipinski definition) is 1. The molecule has 3 aromatic rings. The summed E-state index contributed by atoms with van der Waals surface area (Å²) in [5, 5.41) is 0. The summed E-state index contributed by atoms with van der Waals surface area (Å²) < 4.78 is 0. The lowest BCUT2D eigenvalue weighted by molar-refractivity contribution is -0.132. The van der Waals surface area contributed by atoms with E-state index in [9.17, 15) is 4.79 Å². The smallest absolute Gasteiger partial charge is 0.223 e. The number of aryl methyl sites for hydroxylation is 1. The van der Waals surface area contributed by atoms with E-state index in [1.54, 1.807) is 0 Å². The largest absolute Gasteiger partial charge is 0.338 e. The van der Waals surface area contributed by atoms with Crippen LogP contribution in [0.4, 0.5) is 0 Å².